The Labute approximate surface area is 170 Å². The van der Waals surface area contributed by atoms with E-state index in [2.05, 4.69) is 26.5 Å². The lowest BCUT2D eigenvalue weighted by Gasteiger charge is -2.15. The summed E-state index contributed by atoms with van der Waals surface area (Å²) in [5.41, 5.74) is 4.36. The Morgan fingerprint density at radius 3 is 2.64 bits per heavy atom. The molecule has 1 heterocycles. The zero-order valence-corrected chi connectivity index (χ0v) is 17.2. The first-order chi connectivity index (χ1) is 13.4. The first kappa shape index (κ1) is 20.0. The van der Waals surface area contributed by atoms with Gasteiger partial charge in [-0.25, -0.2) is 0 Å². The van der Waals surface area contributed by atoms with Crippen molar-refractivity contribution in [1.29, 1.82) is 0 Å². The van der Waals surface area contributed by atoms with Gasteiger partial charge < -0.3 is 10.2 Å². The molecule has 0 radical (unpaired) electrons. The molecule has 0 atom stereocenters. The van der Waals surface area contributed by atoms with Crippen LogP contribution in [0.3, 0.4) is 0 Å². The van der Waals surface area contributed by atoms with Gasteiger partial charge in [0.2, 0.25) is 5.91 Å². The Bertz CT molecular complexity index is 1020. The first-order valence-electron chi connectivity index (χ1n) is 9.14. The van der Waals surface area contributed by atoms with Crippen molar-refractivity contribution in [1.82, 2.24) is 25.0 Å². The summed E-state index contributed by atoms with van der Waals surface area (Å²) in [7, 11) is 4.06. The van der Waals surface area contributed by atoms with Crippen LogP contribution >= 0.6 is 12.2 Å². The van der Waals surface area contributed by atoms with Gasteiger partial charge in [0.1, 0.15) is 6.54 Å². The molecule has 0 bridgehead atoms. The summed E-state index contributed by atoms with van der Waals surface area (Å²) in [6.45, 7) is 3.45. The van der Waals surface area contributed by atoms with Gasteiger partial charge in [0, 0.05) is 18.7 Å². The van der Waals surface area contributed by atoms with Crippen molar-refractivity contribution >= 4 is 18.1 Å². The third-order valence-corrected chi connectivity index (χ3v) is 4.73. The summed E-state index contributed by atoms with van der Waals surface area (Å²) >= 11 is 5.33. The number of aromatic amines is 1. The number of amides is 1. The summed E-state index contributed by atoms with van der Waals surface area (Å²) in [4.78, 5) is 14.7. The quantitative estimate of drug-likeness (QED) is 0.603. The van der Waals surface area contributed by atoms with E-state index in [0.29, 0.717) is 17.1 Å². The van der Waals surface area contributed by atoms with Crippen LogP contribution in [-0.4, -0.2) is 39.7 Å². The molecule has 0 aliphatic carbocycles. The summed E-state index contributed by atoms with van der Waals surface area (Å²) in [5, 5.41) is 10.1. The molecular weight excluding hydrogens is 370 g/mol. The standard InChI is InChI=1S/C21H25N5OS/c1-15-7-6-10-16(11-15)20-23-24-21(28)26(20)14-19(27)22-12-17-8-4-5-9-18(17)13-25(2)3/h4-11H,12-14H2,1-3H3,(H,22,27)(H,24,28). The summed E-state index contributed by atoms with van der Waals surface area (Å²) in [6, 6.07) is 16.1. The molecular formula is C21H25N5OS. The second kappa shape index (κ2) is 8.95. The predicted octanol–water partition coefficient (Wildman–Crippen LogP) is 3.29. The van der Waals surface area contributed by atoms with Crippen molar-refractivity contribution in [3.63, 3.8) is 0 Å². The lowest BCUT2D eigenvalue weighted by atomic mass is 10.1. The van der Waals surface area contributed by atoms with E-state index in [-0.39, 0.29) is 12.5 Å². The Kier molecular flexibility index (Phi) is 6.38. The molecule has 1 aromatic heterocycles. The smallest absolute Gasteiger partial charge is 0.240 e. The van der Waals surface area contributed by atoms with Crippen molar-refractivity contribution in [3.05, 3.63) is 70.0 Å². The zero-order chi connectivity index (χ0) is 20.1. The van der Waals surface area contributed by atoms with Crippen LogP contribution in [0.2, 0.25) is 0 Å². The number of hydrogen-bond donors (Lipinski definition) is 2. The molecule has 3 aromatic rings. The maximum absolute atomic E-state index is 12.6. The minimum atomic E-state index is -0.106. The van der Waals surface area contributed by atoms with Gasteiger partial charge in [0.05, 0.1) is 0 Å². The van der Waals surface area contributed by atoms with Crippen LogP contribution in [0.15, 0.2) is 48.5 Å². The van der Waals surface area contributed by atoms with Crippen LogP contribution < -0.4 is 5.32 Å². The van der Waals surface area contributed by atoms with Gasteiger partial charge in [0.25, 0.3) is 0 Å². The van der Waals surface area contributed by atoms with Gasteiger partial charge >= 0.3 is 0 Å². The number of benzene rings is 2. The van der Waals surface area contributed by atoms with E-state index in [9.17, 15) is 4.79 Å². The highest BCUT2D eigenvalue weighted by Crippen LogP contribution is 2.18. The average Bonchev–Trinajstić information content (AvgIpc) is 3.01. The molecule has 28 heavy (non-hydrogen) atoms. The normalized spacial score (nSPS) is 11.0. The van der Waals surface area contributed by atoms with Crippen LogP contribution in [0.1, 0.15) is 16.7 Å². The molecule has 0 saturated heterocycles. The molecule has 0 unspecified atom stereocenters. The van der Waals surface area contributed by atoms with Crippen molar-refractivity contribution in [2.75, 3.05) is 14.1 Å². The third-order valence-electron chi connectivity index (χ3n) is 4.42. The number of carbonyl (C=O) groups excluding carboxylic acids is 1. The molecule has 0 spiro atoms. The van der Waals surface area contributed by atoms with E-state index in [0.717, 1.165) is 23.2 Å². The Hall–Kier alpha value is -2.77. The van der Waals surface area contributed by atoms with Gasteiger partial charge in [-0.1, -0.05) is 48.0 Å². The monoisotopic (exact) mass is 395 g/mol. The van der Waals surface area contributed by atoms with E-state index in [1.807, 2.05) is 63.5 Å². The number of rotatable bonds is 7. The van der Waals surface area contributed by atoms with Crippen molar-refractivity contribution < 1.29 is 4.79 Å². The molecule has 3 rings (SSSR count). The van der Waals surface area contributed by atoms with Crippen molar-refractivity contribution in [2.24, 2.45) is 0 Å². The van der Waals surface area contributed by atoms with E-state index >= 15 is 0 Å². The maximum Gasteiger partial charge on any atom is 0.240 e. The highest BCUT2D eigenvalue weighted by Gasteiger charge is 2.13. The lowest BCUT2D eigenvalue weighted by Crippen LogP contribution is -2.28. The lowest BCUT2D eigenvalue weighted by molar-refractivity contribution is -0.121. The molecule has 0 aliphatic heterocycles. The summed E-state index contributed by atoms with van der Waals surface area (Å²) in [5.74, 6) is 0.558. The molecule has 2 N–H and O–H groups in total. The van der Waals surface area contributed by atoms with Gasteiger partial charge in [-0.3, -0.25) is 14.5 Å². The van der Waals surface area contributed by atoms with Crippen LogP contribution in [0, 0.1) is 11.7 Å². The van der Waals surface area contributed by atoms with Gasteiger partial charge in [0.15, 0.2) is 10.6 Å². The fourth-order valence-corrected chi connectivity index (χ4v) is 3.28. The van der Waals surface area contributed by atoms with Crippen molar-refractivity contribution in [2.45, 2.75) is 26.6 Å². The molecule has 6 nitrogen and oxygen atoms in total. The number of H-pyrrole nitrogens is 1. The van der Waals surface area contributed by atoms with Gasteiger partial charge in [-0.05, 0) is 50.4 Å². The molecule has 0 fully saturated rings. The topological polar surface area (TPSA) is 66.0 Å². The minimum Gasteiger partial charge on any atom is -0.350 e. The van der Waals surface area contributed by atoms with Gasteiger partial charge in [-0.2, -0.15) is 5.10 Å². The molecule has 2 aromatic carbocycles. The van der Waals surface area contributed by atoms with E-state index in [1.54, 1.807) is 4.57 Å². The fraction of sp³-hybridized carbons (Fsp3) is 0.286. The van der Waals surface area contributed by atoms with Crippen LogP contribution in [0.4, 0.5) is 0 Å². The zero-order valence-electron chi connectivity index (χ0n) is 16.4. The average molecular weight is 396 g/mol. The van der Waals surface area contributed by atoms with Crippen molar-refractivity contribution in [3.8, 4) is 11.4 Å². The largest absolute Gasteiger partial charge is 0.350 e. The SMILES string of the molecule is Cc1cccc(-c2n[nH]c(=S)n2CC(=O)NCc2ccccc2CN(C)C)c1. The molecule has 0 saturated carbocycles. The fourth-order valence-electron chi connectivity index (χ4n) is 3.09. The van der Waals surface area contributed by atoms with E-state index in [4.69, 9.17) is 12.2 Å². The second-order valence-electron chi connectivity index (χ2n) is 7.09. The molecule has 7 heteroatoms. The van der Waals surface area contributed by atoms with Gasteiger partial charge in [-0.15, -0.1) is 0 Å². The number of carbonyl (C=O) groups is 1. The Balaban J connectivity index is 1.72. The Morgan fingerprint density at radius 2 is 1.93 bits per heavy atom. The second-order valence-corrected chi connectivity index (χ2v) is 7.48. The summed E-state index contributed by atoms with van der Waals surface area (Å²) < 4.78 is 2.16. The number of hydrogen-bond acceptors (Lipinski definition) is 4. The molecule has 146 valence electrons. The molecule has 0 aliphatic rings. The predicted molar refractivity (Wildman–Crippen MR) is 113 cm³/mol. The van der Waals surface area contributed by atoms with E-state index in [1.165, 1.54) is 5.56 Å². The first-order valence-corrected chi connectivity index (χ1v) is 9.55. The number of aromatic nitrogens is 3. The number of nitrogens with one attached hydrogen (secondary N) is 2. The van der Waals surface area contributed by atoms with Crippen LogP contribution in [-0.2, 0) is 24.4 Å². The number of aryl methyl sites for hydroxylation is 1. The van der Waals surface area contributed by atoms with E-state index < -0.39 is 0 Å². The minimum absolute atomic E-state index is 0.106. The highest BCUT2D eigenvalue weighted by atomic mass is 32.1. The number of nitrogens with zero attached hydrogens (tertiary/aromatic N) is 3. The Morgan fingerprint density at radius 1 is 1.18 bits per heavy atom. The maximum atomic E-state index is 12.6. The third kappa shape index (κ3) is 4.94. The summed E-state index contributed by atoms with van der Waals surface area (Å²) in [6.07, 6.45) is 0. The van der Waals surface area contributed by atoms with Crippen LogP contribution in [0.25, 0.3) is 11.4 Å². The molecule has 1 amide bonds. The highest BCUT2D eigenvalue weighted by molar-refractivity contribution is 7.71. The van der Waals surface area contributed by atoms with Crippen LogP contribution in [0.5, 0.6) is 0 Å².